The monoisotopic (exact) mass is 1070 g/mol. The Kier molecular flexibility index (Phi) is 61.8. The zero-order chi connectivity index (χ0) is 55.7. The highest BCUT2D eigenvalue weighted by molar-refractivity contribution is 5.71. The summed E-state index contributed by atoms with van der Waals surface area (Å²) in [6.07, 6.45) is 87.2. The Labute approximate surface area is 477 Å². The second kappa shape index (κ2) is 64.9. The molecule has 1 atom stereocenters. The second-order valence-electron chi connectivity index (χ2n) is 21.6. The van der Waals surface area contributed by atoms with Crippen LogP contribution in [0.25, 0.3) is 0 Å². The van der Waals surface area contributed by atoms with Gasteiger partial charge in [-0.2, -0.15) is 0 Å². The number of unbranched alkanes of at least 4 members (excludes halogenated alkanes) is 32. The molecule has 6 nitrogen and oxygen atoms in total. The van der Waals surface area contributed by atoms with Crippen LogP contribution in [0.2, 0.25) is 0 Å². The molecular weight excluding hydrogens is 949 g/mol. The minimum atomic E-state index is -0.782. The average Bonchev–Trinajstić information content (AvgIpc) is 3.43. The fraction of sp³-hybridized carbons (Fsp3) is 0.732. The van der Waals surface area contributed by atoms with Crippen molar-refractivity contribution in [3.63, 3.8) is 0 Å². The molecule has 77 heavy (non-hydrogen) atoms. The predicted octanol–water partition coefficient (Wildman–Crippen LogP) is 22.4. The SMILES string of the molecule is CC/C=C\C/C=C\C/C=C\C/C=C\C/C=C\CCCCCCCCCCCCCCCCCC(=O)OCC(COC(=O)CCCCCCCCCCC)OC(=O)CCCCCCCC/C=C\C/C=C\C/C=C\CCCCC. The average molecular weight is 1070 g/mol. The van der Waals surface area contributed by atoms with Crippen LogP contribution in [-0.4, -0.2) is 37.2 Å². The first kappa shape index (κ1) is 73.3. The number of carbonyl (C=O) groups excluding carboxylic acids is 3. The van der Waals surface area contributed by atoms with Crippen molar-refractivity contribution in [1.82, 2.24) is 0 Å². The minimum Gasteiger partial charge on any atom is -0.462 e. The van der Waals surface area contributed by atoms with Crippen molar-refractivity contribution in [3.8, 4) is 0 Å². The van der Waals surface area contributed by atoms with Crippen molar-refractivity contribution in [3.05, 3.63) is 97.2 Å². The molecule has 1 unspecified atom stereocenters. The van der Waals surface area contributed by atoms with E-state index in [9.17, 15) is 14.4 Å². The maximum atomic E-state index is 12.9. The van der Waals surface area contributed by atoms with Gasteiger partial charge in [-0.25, -0.2) is 0 Å². The summed E-state index contributed by atoms with van der Waals surface area (Å²) in [6, 6.07) is 0. The summed E-state index contributed by atoms with van der Waals surface area (Å²) in [4.78, 5) is 38.2. The highest BCUT2D eigenvalue weighted by Crippen LogP contribution is 2.16. The molecule has 0 saturated heterocycles. The highest BCUT2D eigenvalue weighted by Gasteiger charge is 2.19. The van der Waals surface area contributed by atoms with Crippen LogP contribution < -0.4 is 0 Å². The van der Waals surface area contributed by atoms with Crippen molar-refractivity contribution >= 4 is 17.9 Å². The molecule has 0 aliphatic heterocycles. The Morgan fingerprint density at radius 1 is 0.273 bits per heavy atom. The minimum absolute atomic E-state index is 0.0793. The number of hydrogen-bond acceptors (Lipinski definition) is 6. The summed E-state index contributed by atoms with van der Waals surface area (Å²) < 4.78 is 16.9. The van der Waals surface area contributed by atoms with Crippen LogP contribution in [-0.2, 0) is 28.6 Å². The van der Waals surface area contributed by atoms with Gasteiger partial charge in [0, 0.05) is 19.3 Å². The lowest BCUT2D eigenvalue weighted by atomic mass is 10.0. The molecule has 6 heteroatoms. The topological polar surface area (TPSA) is 78.9 Å². The molecule has 0 N–H and O–H groups in total. The standard InChI is InChI=1S/C71H122O6/c1-4-7-10-13-16-19-21-23-25-27-29-30-31-32-33-34-35-36-37-38-39-40-42-43-45-47-49-52-55-58-61-64-70(73)76-67-68(66-75-69(72)63-60-57-54-51-18-15-12-9-6-3)77-71(74)65-62-59-56-53-50-48-46-44-41-28-26-24-22-20-17-14-11-8-5-2/h7,10,16-17,19-20,23-26,29-30,32-33,41,44,68H,4-6,8-9,11-15,18,21-22,27-28,31,34-40,42-43,45-67H2,1-3H3/b10-7-,19-16-,20-17-,25-23-,26-24-,30-29-,33-32-,44-41-. The molecule has 0 spiro atoms. The first-order chi connectivity index (χ1) is 38.0. The zero-order valence-corrected chi connectivity index (χ0v) is 50.7. The van der Waals surface area contributed by atoms with Gasteiger partial charge < -0.3 is 14.2 Å². The van der Waals surface area contributed by atoms with Crippen LogP contribution >= 0.6 is 0 Å². The van der Waals surface area contributed by atoms with Crippen LogP contribution in [0.15, 0.2) is 97.2 Å². The molecule has 442 valence electrons. The number of hydrogen-bond donors (Lipinski definition) is 0. The van der Waals surface area contributed by atoms with Crippen molar-refractivity contribution < 1.29 is 28.6 Å². The molecule has 0 rings (SSSR count). The quantitative estimate of drug-likeness (QED) is 0.0261. The summed E-state index contributed by atoms with van der Waals surface area (Å²) >= 11 is 0. The van der Waals surface area contributed by atoms with E-state index in [-0.39, 0.29) is 31.1 Å². The van der Waals surface area contributed by atoms with Gasteiger partial charge in [0.25, 0.3) is 0 Å². The summed E-state index contributed by atoms with van der Waals surface area (Å²) in [6.45, 7) is 6.49. The Morgan fingerprint density at radius 3 is 0.818 bits per heavy atom. The molecule has 0 saturated carbocycles. The molecule has 0 aromatic heterocycles. The number of carbonyl (C=O) groups is 3. The number of rotatable bonds is 59. The van der Waals surface area contributed by atoms with Gasteiger partial charge in [0.2, 0.25) is 0 Å². The van der Waals surface area contributed by atoms with E-state index in [1.54, 1.807) is 0 Å². The molecule has 0 aromatic rings. The van der Waals surface area contributed by atoms with Gasteiger partial charge in [-0.15, -0.1) is 0 Å². The van der Waals surface area contributed by atoms with Crippen LogP contribution in [0, 0.1) is 0 Å². The lowest BCUT2D eigenvalue weighted by Gasteiger charge is -2.18. The van der Waals surface area contributed by atoms with E-state index >= 15 is 0 Å². The third-order valence-corrected chi connectivity index (χ3v) is 14.1. The molecule has 0 amide bonds. The van der Waals surface area contributed by atoms with Crippen molar-refractivity contribution in [2.45, 2.75) is 322 Å². The molecule has 0 aromatic carbocycles. The summed E-state index contributed by atoms with van der Waals surface area (Å²) in [5.74, 6) is -0.884. The van der Waals surface area contributed by atoms with E-state index in [1.807, 2.05) is 0 Å². The molecule has 0 radical (unpaired) electrons. The van der Waals surface area contributed by atoms with Crippen LogP contribution in [0.3, 0.4) is 0 Å². The molecular formula is C71H122O6. The number of ether oxygens (including phenoxy) is 3. The number of allylic oxidation sites excluding steroid dienone is 16. The van der Waals surface area contributed by atoms with Crippen molar-refractivity contribution in [1.29, 1.82) is 0 Å². The van der Waals surface area contributed by atoms with Gasteiger partial charge in [-0.05, 0) is 103 Å². The van der Waals surface area contributed by atoms with Gasteiger partial charge in [0.05, 0.1) is 0 Å². The summed E-state index contributed by atoms with van der Waals surface area (Å²) in [5, 5.41) is 0. The fourth-order valence-electron chi connectivity index (χ4n) is 9.18. The van der Waals surface area contributed by atoms with E-state index in [0.29, 0.717) is 19.3 Å². The maximum absolute atomic E-state index is 12.9. The second-order valence-corrected chi connectivity index (χ2v) is 21.6. The normalized spacial score (nSPS) is 12.7. The van der Waals surface area contributed by atoms with Crippen LogP contribution in [0.1, 0.15) is 316 Å². The Hall–Kier alpha value is -3.67. The first-order valence-electron chi connectivity index (χ1n) is 32.7. The first-order valence-corrected chi connectivity index (χ1v) is 32.7. The summed E-state index contributed by atoms with van der Waals surface area (Å²) in [5.41, 5.74) is 0. The molecule has 0 aliphatic rings. The predicted molar refractivity (Wildman–Crippen MR) is 334 cm³/mol. The van der Waals surface area contributed by atoms with E-state index in [1.165, 1.54) is 161 Å². The zero-order valence-electron chi connectivity index (χ0n) is 50.7. The third-order valence-electron chi connectivity index (χ3n) is 14.1. The van der Waals surface area contributed by atoms with E-state index < -0.39 is 6.10 Å². The van der Waals surface area contributed by atoms with Crippen molar-refractivity contribution in [2.75, 3.05) is 13.2 Å². The lowest BCUT2D eigenvalue weighted by molar-refractivity contribution is -0.167. The van der Waals surface area contributed by atoms with E-state index in [2.05, 4.69) is 118 Å². The Bertz CT molecular complexity index is 1510. The van der Waals surface area contributed by atoms with Gasteiger partial charge in [-0.3, -0.25) is 14.4 Å². The number of esters is 3. The maximum Gasteiger partial charge on any atom is 0.306 e. The Morgan fingerprint density at radius 2 is 0.506 bits per heavy atom. The molecule has 0 bridgehead atoms. The molecule has 0 aliphatic carbocycles. The largest absolute Gasteiger partial charge is 0.462 e. The van der Waals surface area contributed by atoms with E-state index in [0.717, 1.165) is 116 Å². The van der Waals surface area contributed by atoms with Gasteiger partial charge in [0.15, 0.2) is 6.10 Å². The fourth-order valence-corrected chi connectivity index (χ4v) is 9.18. The van der Waals surface area contributed by atoms with E-state index in [4.69, 9.17) is 14.2 Å². The molecule has 0 heterocycles. The van der Waals surface area contributed by atoms with Crippen molar-refractivity contribution in [2.24, 2.45) is 0 Å². The highest BCUT2D eigenvalue weighted by atomic mass is 16.6. The Balaban J connectivity index is 4.16. The van der Waals surface area contributed by atoms with Crippen LogP contribution in [0.4, 0.5) is 0 Å². The molecule has 0 fully saturated rings. The summed E-state index contributed by atoms with van der Waals surface area (Å²) in [7, 11) is 0. The van der Waals surface area contributed by atoms with Crippen LogP contribution in [0.5, 0.6) is 0 Å². The van der Waals surface area contributed by atoms with Gasteiger partial charge in [-0.1, -0.05) is 291 Å². The van der Waals surface area contributed by atoms with Gasteiger partial charge in [0.1, 0.15) is 13.2 Å². The lowest BCUT2D eigenvalue weighted by Crippen LogP contribution is -2.30. The van der Waals surface area contributed by atoms with Gasteiger partial charge >= 0.3 is 17.9 Å². The third kappa shape index (κ3) is 63.0. The smallest absolute Gasteiger partial charge is 0.306 e.